The van der Waals surface area contributed by atoms with Crippen molar-refractivity contribution in [2.24, 2.45) is 0 Å². The highest BCUT2D eigenvalue weighted by atomic mass is 16.3. The van der Waals surface area contributed by atoms with Crippen molar-refractivity contribution < 1.29 is 5.11 Å². The molecule has 4 rings (SSSR count). The normalized spacial score (nSPS) is 11.4. The number of aromatic amines is 1. The van der Waals surface area contributed by atoms with E-state index in [1.54, 1.807) is 0 Å². The van der Waals surface area contributed by atoms with Crippen LogP contribution in [0.25, 0.3) is 33.2 Å². The first-order valence-corrected chi connectivity index (χ1v) is 7.96. The molecule has 0 unspecified atom stereocenters. The molecule has 0 aliphatic carbocycles. The van der Waals surface area contributed by atoms with Crippen molar-refractivity contribution in [3.8, 4) is 11.3 Å². The van der Waals surface area contributed by atoms with E-state index >= 15 is 0 Å². The lowest BCUT2D eigenvalue weighted by atomic mass is 10.1. The van der Waals surface area contributed by atoms with Gasteiger partial charge in [0.2, 0.25) is 0 Å². The van der Waals surface area contributed by atoms with E-state index in [1.165, 1.54) is 0 Å². The van der Waals surface area contributed by atoms with E-state index in [1.807, 2.05) is 54.7 Å². The fraction of sp³-hybridized carbons (Fsp3) is 0.158. The number of para-hydroxylation sites is 3. The molecule has 2 N–H and O–H groups in total. The predicted molar refractivity (Wildman–Crippen MR) is 95.0 cm³/mol. The summed E-state index contributed by atoms with van der Waals surface area (Å²) in [6.45, 7) is 0.832. The van der Waals surface area contributed by atoms with Crippen LogP contribution in [-0.2, 0) is 6.54 Å². The third-order valence-electron chi connectivity index (χ3n) is 4.20. The highest BCUT2D eigenvalue weighted by Gasteiger charge is 2.14. The van der Waals surface area contributed by atoms with Crippen LogP contribution < -0.4 is 5.56 Å². The summed E-state index contributed by atoms with van der Waals surface area (Å²) in [5, 5.41) is 10.1. The third-order valence-corrected chi connectivity index (χ3v) is 4.20. The number of hydrogen-bond donors (Lipinski definition) is 2. The first-order chi connectivity index (χ1) is 11.8. The molecule has 0 saturated carbocycles. The van der Waals surface area contributed by atoms with Crippen LogP contribution in [0.4, 0.5) is 0 Å². The minimum absolute atomic E-state index is 0.136. The lowest BCUT2D eigenvalue weighted by Crippen LogP contribution is -2.11. The van der Waals surface area contributed by atoms with Gasteiger partial charge in [0.15, 0.2) is 0 Å². The lowest BCUT2D eigenvalue weighted by Gasteiger charge is -2.02. The molecule has 24 heavy (non-hydrogen) atoms. The van der Waals surface area contributed by atoms with Crippen LogP contribution in [0, 0.1) is 0 Å². The summed E-state index contributed by atoms with van der Waals surface area (Å²) in [4.78, 5) is 20.0. The molecular weight excluding hydrogens is 302 g/mol. The van der Waals surface area contributed by atoms with Gasteiger partial charge < -0.3 is 14.7 Å². The SMILES string of the molecule is O=c1[nH]c2ccccc2nc1-c1cn(CCCO)c2ccccc12. The van der Waals surface area contributed by atoms with E-state index in [0.717, 1.165) is 27.5 Å². The van der Waals surface area contributed by atoms with Gasteiger partial charge in [0.25, 0.3) is 5.56 Å². The molecule has 2 heterocycles. The van der Waals surface area contributed by atoms with E-state index in [9.17, 15) is 4.79 Å². The smallest absolute Gasteiger partial charge is 0.275 e. The number of nitrogens with one attached hydrogen (secondary N) is 1. The van der Waals surface area contributed by atoms with Gasteiger partial charge in [-0.25, -0.2) is 4.98 Å². The number of aliphatic hydroxyl groups is 1. The molecule has 0 aliphatic heterocycles. The summed E-state index contributed by atoms with van der Waals surface area (Å²) >= 11 is 0. The first kappa shape index (κ1) is 14.7. The number of aliphatic hydroxyl groups excluding tert-OH is 1. The van der Waals surface area contributed by atoms with Crippen molar-refractivity contribution in [1.82, 2.24) is 14.5 Å². The van der Waals surface area contributed by atoms with Crippen LogP contribution in [0.2, 0.25) is 0 Å². The van der Waals surface area contributed by atoms with Gasteiger partial charge in [0.05, 0.1) is 11.0 Å². The molecule has 2 aromatic carbocycles. The second-order valence-electron chi connectivity index (χ2n) is 5.76. The van der Waals surface area contributed by atoms with Crippen molar-refractivity contribution in [2.75, 3.05) is 6.61 Å². The number of benzene rings is 2. The van der Waals surface area contributed by atoms with Crippen molar-refractivity contribution in [3.05, 3.63) is 65.1 Å². The van der Waals surface area contributed by atoms with Gasteiger partial charge in [-0.05, 0) is 24.6 Å². The Balaban J connectivity index is 1.96. The van der Waals surface area contributed by atoms with Crippen LogP contribution in [0.5, 0.6) is 0 Å². The standard InChI is InChI=1S/C19H17N3O2/c23-11-5-10-22-12-14(13-6-1-4-9-17(13)22)18-19(24)21-16-8-3-2-7-15(16)20-18/h1-4,6-9,12,23H,5,10-11H2,(H,21,24). The Kier molecular flexibility index (Phi) is 3.63. The summed E-state index contributed by atoms with van der Waals surface area (Å²) < 4.78 is 2.07. The van der Waals surface area contributed by atoms with Crippen LogP contribution in [0.1, 0.15) is 6.42 Å². The molecule has 5 heteroatoms. The fourth-order valence-corrected chi connectivity index (χ4v) is 3.07. The Hall–Kier alpha value is -2.92. The van der Waals surface area contributed by atoms with Crippen molar-refractivity contribution in [1.29, 1.82) is 0 Å². The number of aromatic nitrogens is 3. The Morgan fingerprint density at radius 1 is 1.08 bits per heavy atom. The number of hydrogen-bond acceptors (Lipinski definition) is 3. The summed E-state index contributed by atoms with van der Waals surface area (Å²) in [6, 6.07) is 15.5. The second-order valence-corrected chi connectivity index (χ2v) is 5.76. The third kappa shape index (κ3) is 2.39. The van der Waals surface area contributed by atoms with Gasteiger partial charge in [-0.3, -0.25) is 4.79 Å². The highest BCUT2D eigenvalue weighted by molar-refractivity contribution is 5.95. The topological polar surface area (TPSA) is 70.9 Å². The first-order valence-electron chi connectivity index (χ1n) is 7.96. The maximum atomic E-state index is 12.5. The summed E-state index contributed by atoms with van der Waals surface area (Å²) in [7, 11) is 0. The monoisotopic (exact) mass is 319 g/mol. The molecule has 4 aromatic rings. The summed E-state index contributed by atoms with van der Waals surface area (Å²) in [5.74, 6) is 0. The Labute approximate surface area is 138 Å². The fourth-order valence-electron chi connectivity index (χ4n) is 3.07. The number of aryl methyl sites for hydroxylation is 1. The zero-order valence-electron chi connectivity index (χ0n) is 13.1. The van der Waals surface area contributed by atoms with Crippen molar-refractivity contribution in [3.63, 3.8) is 0 Å². The minimum atomic E-state index is -0.196. The van der Waals surface area contributed by atoms with E-state index in [4.69, 9.17) is 5.11 Å². The van der Waals surface area contributed by atoms with Crippen LogP contribution in [0.3, 0.4) is 0 Å². The quantitative estimate of drug-likeness (QED) is 0.607. The van der Waals surface area contributed by atoms with Gasteiger partial charge in [-0.2, -0.15) is 0 Å². The van der Waals surface area contributed by atoms with Gasteiger partial charge in [-0.1, -0.05) is 30.3 Å². The van der Waals surface area contributed by atoms with Gasteiger partial charge in [-0.15, -0.1) is 0 Å². The number of nitrogens with zero attached hydrogens (tertiary/aromatic N) is 2. The highest BCUT2D eigenvalue weighted by Crippen LogP contribution is 2.28. The van der Waals surface area contributed by atoms with Crippen LogP contribution >= 0.6 is 0 Å². The molecule has 120 valence electrons. The lowest BCUT2D eigenvalue weighted by molar-refractivity contribution is 0.280. The molecule has 5 nitrogen and oxygen atoms in total. The predicted octanol–water partition coefficient (Wildman–Crippen LogP) is 2.93. The number of fused-ring (bicyclic) bond motifs is 2. The van der Waals surface area contributed by atoms with Gasteiger partial charge in [0, 0.05) is 35.8 Å². The molecule has 0 saturated heterocycles. The Morgan fingerprint density at radius 2 is 1.88 bits per heavy atom. The molecule has 0 radical (unpaired) electrons. The molecule has 2 aromatic heterocycles. The maximum absolute atomic E-state index is 12.5. The molecular formula is C19H17N3O2. The molecule has 0 aliphatic rings. The van der Waals surface area contributed by atoms with Crippen molar-refractivity contribution >= 4 is 21.9 Å². The Morgan fingerprint density at radius 3 is 2.75 bits per heavy atom. The molecule has 0 spiro atoms. The van der Waals surface area contributed by atoms with Crippen LogP contribution in [0.15, 0.2) is 59.5 Å². The maximum Gasteiger partial charge on any atom is 0.275 e. The average molecular weight is 319 g/mol. The van der Waals surface area contributed by atoms with E-state index in [0.29, 0.717) is 18.7 Å². The molecule has 0 atom stereocenters. The minimum Gasteiger partial charge on any atom is -0.396 e. The largest absolute Gasteiger partial charge is 0.396 e. The molecule has 0 bridgehead atoms. The van der Waals surface area contributed by atoms with E-state index in [-0.39, 0.29) is 12.2 Å². The Bertz CT molecular complexity index is 1080. The van der Waals surface area contributed by atoms with E-state index < -0.39 is 0 Å². The van der Waals surface area contributed by atoms with Gasteiger partial charge >= 0.3 is 0 Å². The number of H-pyrrole nitrogens is 1. The number of rotatable bonds is 4. The average Bonchev–Trinajstić information content (AvgIpc) is 2.98. The summed E-state index contributed by atoms with van der Waals surface area (Å²) in [5.41, 5.74) is 3.58. The molecule has 0 amide bonds. The van der Waals surface area contributed by atoms with Gasteiger partial charge in [0.1, 0.15) is 5.69 Å². The van der Waals surface area contributed by atoms with Crippen LogP contribution in [-0.4, -0.2) is 26.2 Å². The second kappa shape index (κ2) is 5.94. The zero-order valence-corrected chi connectivity index (χ0v) is 13.1. The van der Waals surface area contributed by atoms with E-state index in [2.05, 4.69) is 14.5 Å². The summed E-state index contributed by atoms with van der Waals surface area (Å²) in [6.07, 6.45) is 2.62. The van der Waals surface area contributed by atoms with Crippen molar-refractivity contribution in [2.45, 2.75) is 13.0 Å². The zero-order chi connectivity index (χ0) is 16.5. The molecule has 0 fully saturated rings.